The van der Waals surface area contributed by atoms with Gasteiger partial charge in [0.05, 0.1) is 6.54 Å². The van der Waals surface area contributed by atoms with Crippen LogP contribution >= 0.6 is 0 Å². The highest BCUT2D eigenvalue weighted by Gasteiger charge is 2.01. The van der Waals surface area contributed by atoms with Crippen molar-refractivity contribution in [3.05, 3.63) is 36.0 Å². The summed E-state index contributed by atoms with van der Waals surface area (Å²) < 4.78 is 2.10. The third kappa shape index (κ3) is 2.94. The zero-order chi connectivity index (χ0) is 13.0. The molecule has 1 heterocycles. The summed E-state index contributed by atoms with van der Waals surface area (Å²) in [6.45, 7) is 7.05. The number of nitrogens with zero attached hydrogens (tertiary/aromatic N) is 1. The van der Waals surface area contributed by atoms with E-state index in [1.807, 2.05) is 0 Å². The molecule has 0 aliphatic rings. The van der Waals surface area contributed by atoms with Crippen molar-refractivity contribution in [1.29, 1.82) is 0 Å². The van der Waals surface area contributed by atoms with Crippen LogP contribution in [-0.2, 0) is 13.1 Å². The second-order valence-electron chi connectivity index (χ2n) is 5.07. The van der Waals surface area contributed by atoms with E-state index in [0.29, 0.717) is 12.5 Å². The van der Waals surface area contributed by atoms with E-state index in [1.54, 1.807) is 0 Å². The van der Waals surface area contributed by atoms with Crippen LogP contribution in [0.2, 0.25) is 0 Å². The van der Waals surface area contributed by atoms with Crippen LogP contribution in [0.5, 0.6) is 0 Å². The predicted octanol–water partition coefficient (Wildman–Crippen LogP) is 3.02. The Morgan fingerprint density at radius 1 is 1.33 bits per heavy atom. The summed E-state index contributed by atoms with van der Waals surface area (Å²) in [7, 11) is 0. The van der Waals surface area contributed by atoms with Crippen molar-refractivity contribution in [3.63, 3.8) is 0 Å². The minimum absolute atomic E-state index is 0.633. The summed E-state index contributed by atoms with van der Waals surface area (Å²) >= 11 is 0. The quantitative estimate of drug-likeness (QED) is 0.795. The van der Waals surface area contributed by atoms with E-state index >= 15 is 0 Å². The van der Waals surface area contributed by atoms with E-state index in [9.17, 15) is 0 Å². The molecule has 0 atom stereocenters. The predicted molar refractivity (Wildman–Crippen MR) is 77.3 cm³/mol. The lowest BCUT2D eigenvalue weighted by molar-refractivity contribution is 0.552. The standard InChI is InChI=1S/C16H20N2/c1-4-8-18-9-7-15-10-14(5-6-16(15)18)12-17-11-13(2)3/h1,5-7,9-10,13,17H,8,11-12H2,2-3H3. The summed E-state index contributed by atoms with van der Waals surface area (Å²) in [6, 6.07) is 8.68. The number of aromatic nitrogens is 1. The molecule has 1 aromatic carbocycles. The molecule has 1 aromatic heterocycles. The first-order valence-electron chi connectivity index (χ1n) is 6.42. The number of terminal acetylenes is 1. The third-order valence-corrected chi connectivity index (χ3v) is 2.98. The summed E-state index contributed by atoms with van der Waals surface area (Å²) in [6.07, 6.45) is 7.41. The molecule has 2 nitrogen and oxygen atoms in total. The van der Waals surface area contributed by atoms with Gasteiger partial charge in [-0.3, -0.25) is 0 Å². The number of fused-ring (bicyclic) bond motifs is 1. The Bertz CT molecular complexity index is 558. The second kappa shape index (κ2) is 5.75. The highest BCUT2D eigenvalue weighted by Crippen LogP contribution is 2.17. The van der Waals surface area contributed by atoms with Crippen LogP contribution in [-0.4, -0.2) is 11.1 Å². The number of rotatable bonds is 5. The fourth-order valence-electron chi connectivity index (χ4n) is 2.10. The van der Waals surface area contributed by atoms with Crippen LogP contribution in [0.25, 0.3) is 10.9 Å². The monoisotopic (exact) mass is 240 g/mol. The minimum Gasteiger partial charge on any atom is -0.336 e. The van der Waals surface area contributed by atoms with Crippen LogP contribution in [0.3, 0.4) is 0 Å². The summed E-state index contributed by atoms with van der Waals surface area (Å²) in [4.78, 5) is 0. The van der Waals surface area contributed by atoms with E-state index in [0.717, 1.165) is 13.1 Å². The smallest absolute Gasteiger partial charge is 0.0834 e. The fourth-order valence-corrected chi connectivity index (χ4v) is 2.10. The maximum Gasteiger partial charge on any atom is 0.0834 e. The van der Waals surface area contributed by atoms with Gasteiger partial charge >= 0.3 is 0 Å². The van der Waals surface area contributed by atoms with Crippen molar-refractivity contribution in [2.75, 3.05) is 6.54 Å². The summed E-state index contributed by atoms with van der Waals surface area (Å²) in [5.41, 5.74) is 2.53. The molecule has 18 heavy (non-hydrogen) atoms. The number of benzene rings is 1. The Morgan fingerprint density at radius 2 is 2.17 bits per heavy atom. The average Bonchev–Trinajstić information content (AvgIpc) is 2.72. The molecule has 0 amide bonds. The lowest BCUT2D eigenvalue weighted by Crippen LogP contribution is -2.18. The molecule has 2 aromatic rings. The van der Waals surface area contributed by atoms with Gasteiger partial charge in [0.25, 0.3) is 0 Å². The minimum atomic E-state index is 0.633. The lowest BCUT2D eigenvalue weighted by Gasteiger charge is -2.08. The first-order chi connectivity index (χ1) is 8.70. The van der Waals surface area contributed by atoms with Gasteiger partial charge in [0, 0.05) is 18.3 Å². The fraction of sp³-hybridized carbons (Fsp3) is 0.375. The Morgan fingerprint density at radius 3 is 2.89 bits per heavy atom. The van der Waals surface area contributed by atoms with Crippen molar-refractivity contribution in [3.8, 4) is 12.3 Å². The number of hydrogen-bond acceptors (Lipinski definition) is 1. The molecule has 2 rings (SSSR count). The molecular weight excluding hydrogens is 220 g/mol. The van der Waals surface area contributed by atoms with Gasteiger partial charge in [-0.25, -0.2) is 0 Å². The van der Waals surface area contributed by atoms with E-state index in [1.165, 1.54) is 16.5 Å². The highest BCUT2D eigenvalue weighted by atomic mass is 14.9. The van der Waals surface area contributed by atoms with Gasteiger partial charge in [0.15, 0.2) is 0 Å². The number of nitrogens with one attached hydrogen (secondary N) is 1. The normalized spacial score (nSPS) is 11.0. The Labute approximate surface area is 109 Å². The van der Waals surface area contributed by atoms with Gasteiger partial charge in [-0.2, -0.15) is 0 Å². The molecule has 0 spiro atoms. The van der Waals surface area contributed by atoms with Crippen molar-refractivity contribution >= 4 is 10.9 Å². The van der Waals surface area contributed by atoms with Gasteiger partial charge in [-0.15, -0.1) is 6.42 Å². The molecule has 0 aliphatic carbocycles. The van der Waals surface area contributed by atoms with Gasteiger partial charge in [0.1, 0.15) is 0 Å². The molecule has 0 saturated carbocycles. The van der Waals surface area contributed by atoms with Crippen LogP contribution < -0.4 is 5.32 Å². The molecule has 0 saturated heterocycles. The molecular formula is C16H20N2. The Kier molecular flexibility index (Phi) is 4.07. The van der Waals surface area contributed by atoms with Gasteiger partial charge < -0.3 is 9.88 Å². The summed E-state index contributed by atoms with van der Waals surface area (Å²) in [5, 5.41) is 4.72. The first kappa shape index (κ1) is 12.7. The van der Waals surface area contributed by atoms with Crippen LogP contribution in [0.4, 0.5) is 0 Å². The van der Waals surface area contributed by atoms with Crippen LogP contribution in [0, 0.1) is 18.3 Å². The maximum atomic E-state index is 5.35. The third-order valence-electron chi connectivity index (χ3n) is 2.98. The SMILES string of the molecule is C#CCn1ccc2cc(CNCC(C)C)ccc21. The molecule has 0 aliphatic heterocycles. The topological polar surface area (TPSA) is 17.0 Å². The van der Waals surface area contributed by atoms with Crippen molar-refractivity contribution in [2.45, 2.75) is 26.9 Å². The van der Waals surface area contributed by atoms with Gasteiger partial charge in [-0.05, 0) is 41.6 Å². The Hall–Kier alpha value is -1.72. The van der Waals surface area contributed by atoms with Crippen molar-refractivity contribution < 1.29 is 0 Å². The van der Waals surface area contributed by atoms with Crippen molar-refractivity contribution in [2.24, 2.45) is 5.92 Å². The maximum absolute atomic E-state index is 5.35. The zero-order valence-corrected chi connectivity index (χ0v) is 11.1. The molecule has 1 N–H and O–H groups in total. The molecule has 0 unspecified atom stereocenters. The molecule has 2 heteroatoms. The van der Waals surface area contributed by atoms with Crippen LogP contribution in [0.15, 0.2) is 30.5 Å². The van der Waals surface area contributed by atoms with Gasteiger partial charge in [-0.1, -0.05) is 25.8 Å². The zero-order valence-electron chi connectivity index (χ0n) is 11.1. The van der Waals surface area contributed by atoms with E-state index in [4.69, 9.17) is 6.42 Å². The molecule has 94 valence electrons. The second-order valence-corrected chi connectivity index (χ2v) is 5.07. The molecule has 0 radical (unpaired) electrons. The molecule has 0 fully saturated rings. The van der Waals surface area contributed by atoms with Crippen molar-refractivity contribution in [1.82, 2.24) is 9.88 Å². The van der Waals surface area contributed by atoms with Gasteiger partial charge in [0.2, 0.25) is 0 Å². The average molecular weight is 240 g/mol. The Balaban J connectivity index is 2.11. The largest absolute Gasteiger partial charge is 0.336 e. The summed E-state index contributed by atoms with van der Waals surface area (Å²) in [5.74, 6) is 3.36. The highest BCUT2D eigenvalue weighted by molar-refractivity contribution is 5.81. The van der Waals surface area contributed by atoms with E-state index in [2.05, 4.69) is 60.1 Å². The van der Waals surface area contributed by atoms with E-state index in [-0.39, 0.29) is 0 Å². The first-order valence-corrected chi connectivity index (χ1v) is 6.42. The van der Waals surface area contributed by atoms with E-state index < -0.39 is 0 Å². The van der Waals surface area contributed by atoms with Crippen LogP contribution in [0.1, 0.15) is 19.4 Å². The number of hydrogen-bond donors (Lipinski definition) is 1. The lowest BCUT2D eigenvalue weighted by atomic mass is 10.1. The molecule has 0 bridgehead atoms.